The fourth-order valence-electron chi connectivity index (χ4n) is 4.47. The fraction of sp³-hybridized carbons (Fsp3) is 0.167. The number of hydrogen-bond donors (Lipinski definition) is 0. The molecule has 0 fully saturated rings. The summed E-state index contributed by atoms with van der Waals surface area (Å²) in [6.45, 7) is 1.94. The lowest BCUT2D eigenvalue weighted by Gasteiger charge is -2.26. The molecule has 1 aliphatic rings. The van der Waals surface area contributed by atoms with Crippen molar-refractivity contribution in [3.63, 3.8) is 0 Å². The lowest BCUT2D eigenvalue weighted by molar-refractivity contribution is -0.138. The molecule has 9 heteroatoms. The van der Waals surface area contributed by atoms with Crippen LogP contribution >= 0.6 is 27.3 Å². The lowest BCUT2D eigenvalue weighted by Crippen LogP contribution is -2.40. The minimum atomic E-state index is -0.776. The van der Waals surface area contributed by atoms with Crippen molar-refractivity contribution in [2.45, 2.75) is 13.0 Å². The summed E-state index contributed by atoms with van der Waals surface area (Å²) in [5.74, 6) is 0.747. The molecule has 3 aromatic carbocycles. The van der Waals surface area contributed by atoms with E-state index in [9.17, 15) is 9.59 Å². The van der Waals surface area contributed by atoms with E-state index in [1.807, 2.05) is 72.8 Å². The van der Waals surface area contributed by atoms with Crippen LogP contribution in [0.3, 0.4) is 0 Å². The van der Waals surface area contributed by atoms with E-state index in [4.69, 9.17) is 19.2 Å². The van der Waals surface area contributed by atoms with Gasteiger partial charge in [0.05, 0.1) is 42.7 Å². The second-order valence-electron chi connectivity index (χ2n) is 8.60. The van der Waals surface area contributed by atoms with Gasteiger partial charge in [-0.3, -0.25) is 9.36 Å². The Balaban J connectivity index is 1.84. The average molecular weight is 606 g/mol. The quantitative estimate of drug-likeness (QED) is 0.285. The lowest BCUT2D eigenvalue weighted by atomic mass is 9.93. The number of hydrogen-bond acceptors (Lipinski definition) is 7. The molecule has 0 unspecified atom stereocenters. The first kappa shape index (κ1) is 26.6. The van der Waals surface area contributed by atoms with Gasteiger partial charge in [-0.2, -0.15) is 0 Å². The third-order valence-electron chi connectivity index (χ3n) is 6.27. The summed E-state index contributed by atoms with van der Waals surface area (Å²) in [5.41, 5.74) is 2.73. The van der Waals surface area contributed by atoms with E-state index >= 15 is 0 Å². The Bertz CT molecular complexity index is 1760. The number of esters is 1. The van der Waals surface area contributed by atoms with Crippen molar-refractivity contribution < 1.29 is 19.0 Å². The minimum absolute atomic E-state index is 0.184. The highest BCUT2D eigenvalue weighted by atomic mass is 79.9. The normalized spacial score (nSPS) is 15.0. The van der Waals surface area contributed by atoms with Gasteiger partial charge in [-0.1, -0.05) is 69.7 Å². The van der Waals surface area contributed by atoms with Crippen LogP contribution in [0.4, 0.5) is 0 Å². The molecule has 0 spiro atoms. The van der Waals surface area contributed by atoms with Crippen LogP contribution in [0.2, 0.25) is 0 Å². The standard InChI is InChI=1S/C30H25BrN2O5S/c1-4-38-29(35)25-26(18-9-6-5-7-10-18)32-30-33(27(25)19-11-8-12-21(15-19)36-2)28(34)24(39-30)17-20-16-22(37-3)13-14-23(20)31/h5-17,27H,4H2,1-3H3/b24-17-/t27-/m0/s1. The minimum Gasteiger partial charge on any atom is -0.497 e. The monoisotopic (exact) mass is 604 g/mol. The molecule has 198 valence electrons. The summed E-state index contributed by atoms with van der Waals surface area (Å²) in [6.07, 6.45) is 1.80. The maximum absolute atomic E-state index is 14.0. The van der Waals surface area contributed by atoms with Crippen molar-refractivity contribution in [1.29, 1.82) is 0 Å². The molecule has 1 aromatic heterocycles. The largest absolute Gasteiger partial charge is 0.497 e. The third-order valence-corrected chi connectivity index (χ3v) is 7.98. The van der Waals surface area contributed by atoms with Crippen LogP contribution in [0.15, 0.2) is 92.6 Å². The van der Waals surface area contributed by atoms with Gasteiger partial charge in [0.25, 0.3) is 5.56 Å². The van der Waals surface area contributed by atoms with Crippen molar-refractivity contribution in [2.24, 2.45) is 4.99 Å². The number of ether oxygens (including phenoxy) is 3. The summed E-state index contributed by atoms with van der Waals surface area (Å²) in [5, 5.41) is 0. The Morgan fingerprint density at radius 3 is 2.49 bits per heavy atom. The van der Waals surface area contributed by atoms with Crippen LogP contribution in [0.5, 0.6) is 11.5 Å². The van der Waals surface area contributed by atoms with Crippen LogP contribution in [0, 0.1) is 0 Å². The van der Waals surface area contributed by atoms with Gasteiger partial charge in [-0.05, 0) is 54.5 Å². The number of carbonyl (C=O) groups excluding carboxylic acids is 1. The second kappa shape index (κ2) is 11.4. The molecule has 0 radical (unpaired) electrons. The van der Waals surface area contributed by atoms with Gasteiger partial charge >= 0.3 is 5.97 Å². The molecule has 2 heterocycles. The Kier molecular flexibility index (Phi) is 7.81. The second-order valence-corrected chi connectivity index (χ2v) is 10.5. The van der Waals surface area contributed by atoms with E-state index < -0.39 is 12.0 Å². The Labute approximate surface area is 237 Å². The molecular formula is C30H25BrN2O5S. The number of methoxy groups -OCH3 is 2. The summed E-state index contributed by atoms with van der Waals surface area (Å²) < 4.78 is 19.2. The molecule has 1 aliphatic heterocycles. The number of aromatic nitrogens is 1. The van der Waals surface area contributed by atoms with Gasteiger partial charge in [0.1, 0.15) is 11.5 Å². The van der Waals surface area contributed by atoms with Crippen LogP contribution in [0.25, 0.3) is 11.8 Å². The molecule has 5 rings (SSSR count). The molecule has 0 saturated heterocycles. The number of rotatable bonds is 7. The first-order valence-electron chi connectivity index (χ1n) is 12.2. The molecular weight excluding hydrogens is 580 g/mol. The number of fused-ring (bicyclic) bond motifs is 1. The van der Waals surface area contributed by atoms with Crippen LogP contribution in [-0.4, -0.2) is 31.4 Å². The number of thiazole rings is 1. The Morgan fingerprint density at radius 1 is 1.03 bits per heavy atom. The molecule has 7 nitrogen and oxygen atoms in total. The number of halogens is 1. The first-order chi connectivity index (χ1) is 18.9. The van der Waals surface area contributed by atoms with Gasteiger partial charge in [0, 0.05) is 10.0 Å². The van der Waals surface area contributed by atoms with Crippen molar-refractivity contribution in [1.82, 2.24) is 4.57 Å². The van der Waals surface area contributed by atoms with Crippen LogP contribution in [0.1, 0.15) is 29.7 Å². The van der Waals surface area contributed by atoms with Crippen LogP contribution in [-0.2, 0) is 9.53 Å². The predicted octanol–water partition coefficient (Wildman–Crippen LogP) is 4.72. The smallest absolute Gasteiger partial charge is 0.338 e. The van der Waals surface area contributed by atoms with Crippen molar-refractivity contribution >= 4 is 45.0 Å². The highest BCUT2D eigenvalue weighted by Crippen LogP contribution is 2.36. The summed E-state index contributed by atoms with van der Waals surface area (Å²) in [7, 11) is 3.17. The molecule has 1 atom stereocenters. The zero-order valence-electron chi connectivity index (χ0n) is 21.5. The van der Waals surface area contributed by atoms with E-state index in [0.29, 0.717) is 32.1 Å². The molecule has 0 saturated carbocycles. The van der Waals surface area contributed by atoms with E-state index in [1.54, 1.807) is 31.8 Å². The molecule has 39 heavy (non-hydrogen) atoms. The first-order valence-corrected chi connectivity index (χ1v) is 13.8. The van der Waals surface area contributed by atoms with Gasteiger partial charge in [0.2, 0.25) is 0 Å². The number of nitrogens with zero attached hydrogens (tertiary/aromatic N) is 2. The van der Waals surface area contributed by atoms with E-state index in [2.05, 4.69) is 15.9 Å². The predicted molar refractivity (Wildman–Crippen MR) is 155 cm³/mol. The average Bonchev–Trinajstić information content (AvgIpc) is 3.28. The summed E-state index contributed by atoms with van der Waals surface area (Å²) in [6, 6.07) is 21.6. The SMILES string of the molecule is CCOC(=O)C1=C(c2ccccc2)N=c2s/c(=C\c3cc(OC)ccc3Br)c(=O)n2[C@H]1c1cccc(OC)c1. The molecule has 4 aromatic rings. The van der Waals surface area contributed by atoms with E-state index in [0.717, 1.165) is 15.6 Å². The van der Waals surface area contributed by atoms with Gasteiger partial charge < -0.3 is 14.2 Å². The van der Waals surface area contributed by atoms with E-state index in [1.165, 1.54) is 11.3 Å². The van der Waals surface area contributed by atoms with Crippen molar-refractivity contribution in [3.05, 3.63) is 119 Å². The molecule has 0 N–H and O–H groups in total. The molecule has 0 bridgehead atoms. The van der Waals surface area contributed by atoms with Gasteiger partial charge in [-0.25, -0.2) is 9.79 Å². The maximum atomic E-state index is 14.0. The zero-order valence-corrected chi connectivity index (χ0v) is 23.9. The van der Waals surface area contributed by atoms with Gasteiger partial charge in [-0.15, -0.1) is 0 Å². The highest BCUT2D eigenvalue weighted by molar-refractivity contribution is 9.10. The van der Waals surface area contributed by atoms with Crippen molar-refractivity contribution in [2.75, 3.05) is 20.8 Å². The Hall–Kier alpha value is -3.95. The topological polar surface area (TPSA) is 79.1 Å². The Morgan fingerprint density at radius 2 is 1.77 bits per heavy atom. The molecule has 0 amide bonds. The van der Waals surface area contributed by atoms with E-state index in [-0.39, 0.29) is 17.7 Å². The zero-order chi connectivity index (χ0) is 27.5. The third kappa shape index (κ3) is 5.20. The number of benzene rings is 3. The highest BCUT2D eigenvalue weighted by Gasteiger charge is 2.35. The summed E-state index contributed by atoms with van der Waals surface area (Å²) >= 11 is 4.83. The summed E-state index contributed by atoms with van der Waals surface area (Å²) in [4.78, 5) is 32.9. The number of carbonyl (C=O) groups is 1. The van der Waals surface area contributed by atoms with Crippen molar-refractivity contribution in [3.8, 4) is 11.5 Å². The maximum Gasteiger partial charge on any atom is 0.338 e. The fourth-order valence-corrected chi connectivity index (χ4v) is 5.82. The van der Waals surface area contributed by atoms with Gasteiger partial charge in [0.15, 0.2) is 4.80 Å². The van der Waals surface area contributed by atoms with Crippen LogP contribution < -0.4 is 24.4 Å². The molecule has 0 aliphatic carbocycles.